The van der Waals surface area contributed by atoms with Gasteiger partial charge in [-0.3, -0.25) is 0 Å². The van der Waals surface area contributed by atoms with Gasteiger partial charge in [-0.15, -0.1) is 0 Å². The van der Waals surface area contributed by atoms with Crippen molar-refractivity contribution in [2.45, 2.75) is 6.54 Å². The number of rotatable bonds is 3. The van der Waals surface area contributed by atoms with E-state index in [1.54, 1.807) is 0 Å². The fourth-order valence-electron chi connectivity index (χ4n) is 0.920. The zero-order valence-corrected chi connectivity index (χ0v) is 6.77. The third kappa shape index (κ3) is 2.69. The first-order valence-electron chi connectivity index (χ1n) is 3.65. The lowest BCUT2D eigenvalue weighted by Gasteiger charge is -2.09. The number of nitrogens with two attached hydrogens (primary N) is 1. The molecule has 1 rings (SSSR count). The van der Waals surface area contributed by atoms with E-state index in [4.69, 9.17) is 15.8 Å². The predicted molar refractivity (Wildman–Crippen MR) is 45.1 cm³/mol. The minimum atomic E-state index is -1.97. The molecule has 0 saturated heterocycles. The maximum Gasteiger partial charge on any atom is 0.707 e. The highest BCUT2D eigenvalue weighted by atomic mass is 19.1. The average molecular weight is 185 g/mol. The van der Waals surface area contributed by atoms with E-state index in [9.17, 15) is 4.39 Å². The van der Waals surface area contributed by atoms with Gasteiger partial charge in [0.25, 0.3) is 0 Å². The van der Waals surface area contributed by atoms with Crippen molar-refractivity contribution in [2.75, 3.05) is 0 Å². The average Bonchev–Trinajstić information content (AvgIpc) is 2.03. The molecular weight excluding hydrogens is 176 g/mol. The molecule has 0 heterocycles. The molecule has 0 amide bonds. The third-order valence-corrected chi connectivity index (χ3v) is 1.48. The summed E-state index contributed by atoms with van der Waals surface area (Å²) in [6.07, 6.45) is 0. The summed E-state index contributed by atoms with van der Waals surface area (Å²) in [6.45, 7) is 0.141. The maximum absolute atomic E-state index is 12.6. The summed E-state index contributed by atoms with van der Waals surface area (Å²) >= 11 is 0. The van der Waals surface area contributed by atoms with Crippen molar-refractivity contribution in [2.24, 2.45) is 5.73 Å². The molecule has 0 bridgehead atoms. The number of halogens is 1. The Hall–Kier alpha value is -1.11. The van der Waals surface area contributed by atoms with Gasteiger partial charge < -0.3 is 20.4 Å². The number of hydrogen-bond donors (Lipinski definition) is 3. The molecule has 0 atom stereocenters. The summed E-state index contributed by atoms with van der Waals surface area (Å²) in [5.41, 5.74) is 5.82. The second-order valence-electron chi connectivity index (χ2n) is 2.40. The summed E-state index contributed by atoms with van der Waals surface area (Å²) in [7, 11) is -1.97. The van der Waals surface area contributed by atoms with E-state index in [2.05, 4.69) is 4.65 Å². The van der Waals surface area contributed by atoms with Crippen molar-refractivity contribution >= 4 is 7.32 Å². The smallest absolute Gasteiger partial charge is 0.512 e. The molecule has 4 nitrogen and oxygen atoms in total. The van der Waals surface area contributed by atoms with Gasteiger partial charge in [0, 0.05) is 18.2 Å². The molecule has 13 heavy (non-hydrogen) atoms. The molecule has 0 saturated carbocycles. The zero-order chi connectivity index (χ0) is 9.84. The first-order valence-corrected chi connectivity index (χ1v) is 3.65. The van der Waals surface area contributed by atoms with Gasteiger partial charge >= 0.3 is 7.32 Å². The molecule has 0 fully saturated rings. The molecule has 0 aliphatic carbocycles. The van der Waals surface area contributed by atoms with Crippen LogP contribution < -0.4 is 10.4 Å². The standard InChI is InChI=1S/C7H9BFNO3/c9-6-2-1-5(4-10)7(3-6)13-8(11)12/h1-3,11-12H,4,10H2. The Morgan fingerprint density at radius 2 is 2.15 bits per heavy atom. The predicted octanol–water partition coefficient (Wildman–Crippen LogP) is -0.367. The summed E-state index contributed by atoms with van der Waals surface area (Å²) in [6, 6.07) is 3.69. The first kappa shape index (κ1) is 9.98. The number of benzene rings is 1. The lowest BCUT2D eigenvalue weighted by molar-refractivity contribution is 0.286. The molecule has 6 heteroatoms. The van der Waals surface area contributed by atoms with Crippen LogP contribution >= 0.6 is 0 Å². The Bertz CT molecular complexity index is 295. The van der Waals surface area contributed by atoms with Crippen LogP contribution in [0.2, 0.25) is 0 Å². The van der Waals surface area contributed by atoms with Crippen LogP contribution in [0.15, 0.2) is 18.2 Å². The van der Waals surface area contributed by atoms with Gasteiger partial charge in [-0.05, 0) is 6.07 Å². The molecule has 70 valence electrons. The van der Waals surface area contributed by atoms with Crippen molar-refractivity contribution in [3.63, 3.8) is 0 Å². The minimum absolute atomic E-state index is 0.0394. The van der Waals surface area contributed by atoms with Crippen molar-refractivity contribution in [1.29, 1.82) is 0 Å². The van der Waals surface area contributed by atoms with Gasteiger partial charge in [-0.2, -0.15) is 0 Å². The molecular formula is C7H9BFNO3. The van der Waals surface area contributed by atoms with E-state index in [0.717, 1.165) is 6.07 Å². The summed E-state index contributed by atoms with van der Waals surface area (Å²) in [5, 5.41) is 17.0. The molecule has 0 radical (unpaired) electrons. The fraction of sp³-hybridized carbons (Fsp3) is 0.143. The lowest BCUT2D eigenvalue weighted by atomic mass is 10.1. The van der Waals surface area contributed by atoms with E-state index in [-0.39, 0.29) is 12.3 Å². The van der Waals surface area contributed by atoms with Gasteiger partial charge in [0.1, 0.15) is 11.6 Å². The Labute approximate surface area is 74.9 Å². The van der Waals surface area contributed by atoms with E-state index in [1.165, 1.54) is 12.1 Å². The van der Waals surface area contributed by atoms with Gasteiger partial charge in [0.05, 0.1) is 0 Å². The molecule has 0 aliphatic rings. The molecule has 1 aromatic rings. The normalized spacial score (nSPS) is 9.85. The van der Waals surface area contributed by atoms with Crippen LogP contribution in [0, 0.1) is 5.82 Å². The van der Waals surface area contributed by atoms with Crippen LogP contribution in [0.3, 0.4) is 0 Å². The van der Waals surface area contributed by atoms with Gasteiger partial charge in [0.2, 0.25) is 0 Å². The molecule has 0 spiro atoms. The lowest BCUT2D eigenvalue weighted by Crippen LogP contribution is -2.21. The molecule has 0 aliphatic heterocycles. The topological polar surface area (TPSA) is 75.7 Å². The Kier molecular flexibility index (Phi) is 3.24. The van der Waals surface area contributed by atoms with Gasteiger partial charge in [0.15, 0.2) is 0 Å². The SMILES string of the molecule is NCc1ccc(F)cc1OB(O)O. The Morgan fingerprint density at radius 3 is 2.69 bits per heavy atom. The van der Waals surface area contributed by atoms with Crippen LogP contribution in [-0.2, 0) is 6.54 Å². The Morgan fingerprint density at radius 1 is 1.46 bits per heavy atom. The number of hydrogen-bond acceptors (Lipinski definition) is 4. The van der Waals surface area contributed by atoms with E-state index < -0.39 is 13.1 Å². The fourth-order valence-corrected chi connectivity index (χ4v) is 0.920. The highest BCUT2D eigenvalue weighted by Crippen LogP contribution is 2.19. The zero-order valence-electron chi connectivity index (χ0n) is 6.77. The first-order chi connectivity index (χ1) is 6.13. The highest BCUT2D eigenvalue weighted by molar-refractivity contribution is 6.33. The van der Waals surface area contributed by atoms with Crippen LogP contribution in [0.4, 0.5) is 4.39 Å². The summed E-state index contributed by atoms with van der Waals surface area (Å²) in [4.78, 5) is 0. The highest BCUT2D eigenvalue weighted by Gasteiger charge is 2.14. The molecule has 1 aromatic carbocycles. The maximum atomic E-state index is 12.6. The van der Waals surface area contributed by atoms with Crippen molar-refractivity contribution in [1.82, 2.24) is 0 Å². The summed E-state index contributed by atoms with van der Waals surface area (Å²) in [5.74, 6) is -0.481. The van der Waals surface area contributed by atoms with Crippen LogP contribution in [0.1, 0.15) is 5.56 Å². The van der Waals surface area contributed by atoms with Crippen molar-refractivity contribution in [3.8, 4) is 5.75 Å². The third-order valence-electron chi connectivity index (χ3n) is 1.48. The quantitative estimate of drug-likeness (QED) is 0.561. The van der Waals surface area contributed by atoms with Crippen molar-refractivity contribution < 1.29 is 19.1 Å². The van der Waals surface area contributed by atoms with Crippen LogP contribution in [0.5, 0.6) is 5.75 Å². The molecule has 0 aromatic heterocycles. The van der Waals surface area contributed by atoms with Gasteiger partial charge in [-0.1, -0.05) is 6.07 Å². The monoisotopic (exact) mass is 185 g/mol. The van der Waals surface area contributed by atoms with Gasteiger partial charge in [-0.25, -0.2) is 4.39 Å². The second kappa shape index (κ2) is 4.22. The van der Waals surface area contributed by atoms with E-state index in [0.29, 0.717) is 5.56 Å². The van der Waals surface area contributed by atoms with Crippen LogP contribution in [0.25, 0.3) is 0 Å². The second-order valence-corrected chi connectivity index (χ2v) is 2.40. The molecule has 4 N–H and O–H groups in total. The Balaban J connectivity index is 2.94. The minimum Gasteiger partial charge on any atom is -0.512 e. The largest absolute Gasteiger partial charge is 0.707 e. The van der Waals surface area contributed by atoms with Crippen LogP contribution in [-0.4, -0.2) is 17.4 Å². The van der Waals surface area contributed by atoms with Crippen molar-refractivity contribution in [3.05, 3.63) is 29.6 Å². The van der Waals surface area contributed by atoms with E-state index in [1.807, 2.05) is 0 Å². The summed E-state index contributed by atoms with van der Waals surface area (Å²) < 4.78 is 17.2. The molecule has 0 unspecified atom stereocenters. The van der Waals surface area contributed by atoms with E-state index >= 15 is 0 Å².